The van der Waals surface area contributed by atoms with E-state index in [-0.39, 0.29) is 12.1 Å². The third kappa shape index (κ3) is 10.7. The minimum Gasteiger partial charge on any atom is -0.459 e. The van der Waals surface area contributed by atoms with Crippen molar-refractivity contribution < 1.29 is 28.5 Å². The van der Waals surface area contributed by atoms with Crippen LogP contribution in [-0.2, 0) is 28.5 Å². The number of morpholine rings is 2. The first kappa shape index (κ1) is 23.5. The predicted octanol–water partition coefficient (Wildman–Crippen LogP) is 0.786. The molecule has 164 valence electrons. The van der Waals surface area contributed by atoms with Crippen molar-refractivity contribution in [3.05, 3.63) is 0 Å². The summed E-state index contributed by atoms with van der Waals surface area (Å²) in [5.41, 5.74) is 0. The van der Waals surface area contributed by atoms with E-state index in [2.05, 4.69) is 9.80 Å². The van der Waals surface area contributed by atoms with E-state index < -0.39 is 0 Å². The summed E-state index contributed by atoms with van der Waals surface area (Å²) in [4.78, 5) is 16.5. The number of carbonyl (C=O) groups excluding carboxylic acids is 1. The molecule has 0 amide bonds. The van der Waals surface area contributed by atoms with Crippen molar-refractivity contribution in [2.24, 2.45) is 0 Å². The Morgan fingerprint density at radius 3 is 2.25 bits per heavy atom. The van der Waals surface area contributed by atoms with Crippen molar-refractivity contribution in [3.8, 4) is 0 Å². The maximum atomic E-state index is 11.9. The predicted molar refractivity (Wildman–Crippen MR) is 106 cm³/mol. The summed E-state index contributed by atoms with van der Waals surface area (Å²) >= 11 is 0. The molecule has 1 unspecified atom stereocenters. The summed E-state index contributed by atoms with van der Waals surface area (Å²) in [5.74, 6) is -0.149. The van der Waals surface area contributed by atoms with Crippen LogP contribution in [-0.4, -0.2) is 114 Å². The van der Waals surface area contributed by atoms with Gasteiger partial charge in [-0.15, -0.1) is 0 Å². The first-order valence-electron chi connectivity index (χ1n) is 10.7. The van der Waals surface area contributed by atoms with E-state index in [1.165, 1.54) is 0 Å². The maximum absolute atomic E-state index is 11.9. The average Bonchev–Trinajstić information content (AvgIpc) is 2.71. The van der Waals surface area contributed by atoms with Gasteiger partial charge in [-0.3, -0.25) is 14.6 Å². The largest absolute Gasteiger partial charge is 0.459 e. The Hall–Kier alpha value is -0.770. The molecule has 0 saturated carbocycles. The highest BCUT2D eigenvalue weighted by Crippen LogP contribution is 2.05. The van der Waals surface area contributed by atoms with Crippen molar-refractivity contribution in [3.63, 3.8) is 0 Å². The second kappa shape index (κ2) is 15.1. The van der Waals surface area contributed by atoms with Crippen molar-refractivity contribution in [1.29, 1.82) is 0 Å². The summed E-state index contributed by atoms with van der Waals surface area (Å²) in [6.45, 7) is 12.9. The molecular weight excluding hydrogens is 364 g/mol. The van der Waals surface area contributed by atoms with E-state index in [4.69, 9.17) is 23.7 Å². The molecule has 8 heteroatoms. The molecule has 0 aliphatic carbocycles. The summed E-state index contributed by atoms with van der Waals surface area (Å²) < 4.78 is 27.7. The molecule has 0 aromatic carbocycles. The lowest BCUT2D eigenvalue weighted by molar-refractivity contribution is -0.154. The summed E-state index contributed by atoms with van der Waals surface area (Å²) in [7, 11) is 0. The van der Waals surface area contributed by atoms with Gasteiger partial charge >= 0.3 is 5.97 Å². The van der Waals surface area contributed by atoms with Gasteiger partial charge in [-0.05, 0) is 12.8 Å². The summed E-state index contributed by atoms with van der Waals surface area (Å²) in [6.07, 6.45) is 2.03. The van der Waals surface area contributed by atoms with Crippen LogP contribution in [0.5, 0.6) is 0 Å². The van der Waals surface area contributed by atoms with Gasteiger partial charge < -0.3 is 23.7 Å². The first-order chi connectivity index (χ1) is 13.8. The molecule has 0 aromatic rings. The lowest BCUT2D eigenvalue weighted by Crippen LogP contribution is -2.43. The Kier molecular flexibility index (Phi) is 12.7. The Morgan fingerprint density at radius 2 is 1.57 bits per heavy atom. The van der Waals surface area contributed by atoms with Gasteiger partial charge in [0, 0.05) is 52.3 Å². The Morgan fingerprint density at radius 1 is 0.929 bits per heavy atom. The van der Waals surface area contributed by atoms with Crippen LogP contribution >= 0.6 is 0 Å². The molecule has 2 aliphatic heterocycles. The number of carbonyl (C=O) groups is 1. The molecule has 2 heterocycles. The van der Waals surface area contributed by atoms with Crippen molar-refractivity contribution in [1.82, 2.24) is 9.80 Å². The highest BCUT2D eigenvalue weighted by molar-refractivity contribution is 5.69. The SMILES string of the molecule is CCCC(=O)OC(COCCOCCCN1CCOCC1)CN1CCOCC1. The van der Waals surface area contributed by atoms with E-state index in [0.717, 1.165) is 78.6 Å². The van der Waals surface area contributed by atoms with Crippen LogP contribution < -0.4 is 0 Å². The highest BCUT2D eigenvalue weighted by Gasteiger charge is 2.20. The number of rotatable bonds is 14. The van der Waals surface area contributed by atoms with Gasteiger partial charge in [0.2, 0.25) is 0 Å². The van der Waals surface area contributed by atoms with Gasteiger partial charge in [-0.25, -0.2) is 0 Å². The number of nitrogens with zero attached hydrogens (tertiary/aromatic N) is 2. The second-order valence-electron chi connectivity index (χ2n) is 7.27. The van der Waals surface area contributed by atoms with E-state index in [9.17, 15) is 4.79 Å². The second-order valence-corrected chi connectivity index (χ2v) is 7.27. The fraction of sp³-hybridized carbons (Fsp3) is 0.950. The average molecular weight is 403 g/mol. The van der Waals surface area contributed by atoms with Crippen LogP contribution in [0, 0.1) is 0 Å². The third-order valence-corrected chi connectivity index (χ3v) is 4.86. The zero-order valence-corrected chi connectivity index (χ0v) is 17.4. The lowest BCUT2D eigenvalue weighted by atomic mass is 10.3. The van der Waals surface area contributed by atoms with Crippen LogP contribution in [0.4, 0.5) is 0 Å². The van der Waals surface area contributed by atoms with E-state index in [1.807, 2.05) is 6.92 Å². The Balaban J connectivity index is 1.53. The molecule has 2 fully saturated rings. The van der Waals surface area contributed by atoms with E-state index >= 15 is 0 Å². The Labute approximate surface area is 169 Å². The fourth-order valence-electron chi connectivity index (χ4n) is 3.29. The van der Waals surface area contributed by atoms with Crippen molar-refractivity contribution in [2.75, 3.05) is 92.1 Å². The Bertz CT molecular complexity index is 400. The van der Waals surface area contributed by atoms with Crippen molar-refractivity contribution in [2.45, 2.75) is 32.3 Å². The third-order valence-electron chi connectivity index (χ3n) is 4.86. The van der Waals surface area contributed by atoms with E-state index in [0.29, 0.717) is 32.8 Å². The smallest absolute Gasteiger partial charge is 0.306 e. The van der Waals surface area contributed by atoms with Crippen molar-refractivity contribution >= 4 is 5.97 Å². The molecular formula is C20H38N2O6. The van der Waals surface area contributed by atoms with Crippen LogP contribution in [0.15, 0.2) is 0 Å². The van der Waals surface area contributed by atoms with Gasteiger partial charge in [-0.1, -0.05) is 6.92 Å². The van der Waals surface area contributed by atoms with Crippen LogP contribution in [0.3, 0.4) is 0 Å². The minimum absolute atomic E-state index is 0.149. The summed E-state index contributed by atoms with van der Waals surface area (Å²) in [5, 5.41) is 0. The number of hydrogen-bond donors (Lipinski definition) is 0. The normalized spacial score (nSPS) is 20.2. The molecule has 2 saturated heterocycles. The lowest BCUT2D eigenvalue weighted by Gasteiger charge is -2.30. The molecule has 1 atom stereocenters. The van der Waals surface area contributed by atoms with Gasteiger partial charge in [0.15, 0.2) is 0 Å². The van der Waals surface area contributed by atoms with Crippen LogP contribution in [0.25, 0.3) is 0 Å². The minimum atomic E-state index is -0.238. The maximum Gasteiger partial charge on any atom is 0.306 e. The molecule has 28 heavy (non-hydrogen) atoms. The monoisotopic (exact) mass is 402 g/mol. The van der Waals surface area contributed by atoms with Gasteiger partial charge in [0.1, 0.15) is 6.10 Å². The van der Waals surface area contributed by atoms with Gasteiger partial charge in [-0.2, -0.15) is 0 Å². The van der Waals surface area contributed by atoms with Gasteiger partial charge in [0.25, 0.3) is 0 Å². The first-order valence-corrected chi connectivity index (χ1v) is 10.7. The molecule has 8 nitrogen and oxygen atoms in total. The van der Waals surface area contributed by atoms with E-state index in [1.54, 1.807) is 0 Å². The molecule has 0 aromatic heterocycles. The van der Waals surface area contributed by atoms with Gasteiger partial charge in [0.05, 0.1) is 46.2 Å². The fourth-order valence-corrected chi connectivity index (χ4v) is 3.29. The van der Waals surface area contributed by atoms with Crippen LogP contribution in [0.2, 0.25) is 0 Å². The zero-order valence-electron chi connectivity index (χ0n) is 17.4. The highest BCUT2D eigenvalue weighted by atomic mass is 16.6. The topological polar surface area (TPSA) is 69.7 Å². The molecule has 0 spiro atoms. The zero-order chi connectivity index (χ0) is 19.9. The molecule has 2 rings (SSSR count). The number of esters is 1. The molecule has 2 aliphatic rings. The molecule has 0 bridgehead atoms. The summed E-state index contributed by atoms with van der Waals surface area (Å²) in [6, 6.07) is 0. The number of hydrogen-bond acceptors (Lipinski definition) is 8. The number of ether oxygens (including phenoxy) is 5. The molecule has 0 radical (unpaired) electrons. The standard InChI is InChI=1S/C20H38N2O6/c1-2-4-20(23)28-19(17-22-8-13-26-14-9-22)18-27-16-15-24-10-3-5-21-6-11-25-12-7-21/h19H,2-18H2,1H3. The molecule has 0 N–H and O–H groups in total. The van der Waals surface area contributed by atoms with Crippen LogP contribution in [0.1, 0.15) is 26.2 Å². The quantitative estimate of drug-likeness (QED) is 0.312.